The van der Waals surface area contributed by atoms with Gasteiger partial charge in [-0.1, -0.05) is 6.08 Å². The van der Waals surface area contributed by atoms with Crippen LogP contribution < -0.4 is 5.32 Å². The summed E-state index contributed by atoms with van der Waals surface area (Å²) in [6, 6.07) is 5.29. The first kappa shape index (κ1) is 11.8. The molecule has 1 aromatic rings. The van der Waals surface area contributed by atoms with Crippen molar-refractivity contribution in [1.82, 2.24) is 5.32 Å². The van der Waals surface area contributed by atoms with Crippen molar-refractivity contribution < 1.29 is 9.21 Å². The monoisotopic (exact) mass is 216 g/mol. The fourth-order valence-corrected chi connectivity index (χ4v) is 1.08. The zero-order chi connectivity index (χ0) is 12.0. The van der Waals surface area contributed by atoms with Gasteiger partial charge in [-0.15, -0.1) is 6.58 Å². The quantitative estimate of drug-likeness (QED) is 0.474. The third-order valence-corrected chi connectivity index (χ3v) is 1.82. The van der Waals surface area contributed by atoms with E-state index in [9.17, 15) is 4.79 Å². The Balaban J connectivity index is 2.82. The van der Waals surface area contributed by atoms with E-state index in [1.165, 1.54) is 6.08 Å². The Hall–Kier alpha value is -2.28. The molecule has 82 valence electrons. The predicted octanol–water partition coefficient (Wildman–Crippen LogP) is 1.80. The second kappa shape index (κ2) is 5.56. The maximum atomic E-state index is 11.5. The zero-order valence-electron chi connectivity index (χ0n) is 8.99. The highest BCUT2D eigenvalue weighted by Crippen LogP contribution is 2.10. The van der Waals surface area contributed by atoms with E-state index in [2.05, 4.69) is 11.9 Å². The minimum absolute atomic E-state index is 0.0104. The van der Waals surface area contributed by atoms with E-state index in [0.29, 0.717) is 12.3 Å². The number of carbonyl (C=O) groups is 1. The Morgan fingerprint density at radius 3 is 2.94 bits per heavy atom. The average Bonchev–Trinajstić information content (AvgIpc) is 2.68. The first-order valence-corrected chi connectivity index (χ1v) is 4.74. The van der Waals surface area contributed by atoms with Gasteiger partial charge in [0.2, 0.25) is 0 Å². The summed E-state index contributed by atoms with van der Waals surface area (Å²) in [5.74, 6) is 0.786. The van der Waals surface area contributed by atoms with Gasteiger partial charge in [-0.2, -0.15) is 5.26 Å². The van der Waals surface area contributed by atoms with E-state index in [1.54, 1.807) is 25.1 Å². The van der Waals surface area contributed by atoms with Crippen LogP contribution in [0.15, 0.2) is 34.8 Å². The first-order valence-electron chi connectivity index (χ1n) is 4.74. The van der Waals surface area contributed by atoms with Gasteiger partial charge in [0.05, 0.1) is 0 Å². The highest BCUT2D eigenvalue weighted by Gasteiger charge is 2.08. The lowest BCUT2D eigenvalue weighted by Crippen LogP contribution is -2.24. The normalized spacial score (nSPS) is 10.6. The molecular weight excluding hydrogens is 204 g/mol. The summed E-state index contributed by atoms with van der Waals surface area (Å²) in [6.45, 7) is 5.59. The topological polar surface area (TPSA) is 66.0 Å². The summed E-state index contributed by atoms with van der Waals surface area (Å²) in [5.41, 5.74) is 0.0104. The van der Waals surface area contributed by atoms with Gasteiger partial charge in [0, 0.05) is 12.6 Å². The lowest BCUT2D eigenvalue weighted by molar-refractivity contribution is -0.116. The number of amides is 1. The molecule has 0 saturated carbocycles. The zero-order valence-corrected chi connectivity index (χ0v) is 8.99. The van der Waals surface area contributed by atoms with Crippen molar-refractivity contribution in [3.8, 4) is 6.07 Å². The van der Waals surface area contributed by atoms with Crippen molar-refractivity contribution in [3.05, 3.63) is 41.9 Å². The molecule has 0 atom stereocenters. The van der Waals surface area contributed by atoms with E-state index >= 15 is 0 Å². The molecule has 0 aliphatic carbocycles. The Morgan fingerprint density at radius 1 is 1.69 bits per heavy atom. The minimum atomic E-state index is -0.434. The van der Waals surface area contributed by atoms with Crippen molar-refractivity contribution in [2.75, 3.05) is 6.54 Å². The third kappa shape index (κ3) is 3.14. The highest BCUT2D eigenvalue weighted by molar-refractivity contribution is 6.01. The van der Waals surface area contributed by atoms with Crippen molar-refractivity contribution in [3.63, 3.8) is 0 Å². The number of nitriles is 1. The molecule has 0 aliphatic rings. The smallest absolute Gasteiger partial charge is 0.262 e. The van der Waals surface area contributed by atoms with Crippen molar-refractivity contribution in [1.29, 1.82) is 5.26 Å². The van der Waals surface area contributed by atoms with Gasteiger partial charge in [-0.05, 0) is 19.1 Å². The van der Waals surface area contributed by atoms with Crippen LogP contribution in [-0.4, -0.2) is 12.5 Å². The van der Waals surface area contributed by atoms with Crippen LogP contribution in [0.5, 0.6) is 0 Å². The lowest BCUT2D eigenvalue weighted by Gasteiger charge is -1.98. The molecule has 0 aliphatic heterocycles. The van der Waals surface area contributed by atoms with Crippen LogP contribution >= 0.6 is 0 Å². The van der Waals surface area contributed by atoms with Crippen LogP contribution in [0.1, 0.15) is 11.5 Å². The highest BCUT2D eigenvalue weighted by atomic mass is 16.3. The molecule has 0 spiro atoms. The van der Waals surface area contributed by atoms with Crippen LogP contribution in [0.3, 0.4) is 0 Å². The predicted molar refractivity (Wildman–Crippen MR) is 60.2 cm³/mol. The summed E-state index contributed by atoms with van der Waals surface area (Å²) in [4.78, 5) is 11.5. The number of carbonyl (C=O) groups excluding carboxylic acids is 1. The first-order chi connectivity index (χ1) is 7.67. The molecule has 0 aromatic carbocycles. The molecule has 0 radical (unpaired) electrons. The molecule has 1 amide bonds. The Morgan fingerprint density at radius 2 is 2.44 bits per heavy atom. The van der Waals surface area contributed by atoms with Gasteiger partial charge in [0.1, 0.15) is 23.2 Å². The second-order valence-corrected chi connectivity index (χ2v) is 3.12. The SMILES string of the molecule is C=CCNC(=O)/C(C#N)=C/c1ccc(C)o1. The summed E-state index contributed by atoms with van der Waals surface area (Å²) in [5, 5.41) is 11.3. The summed E-state index contributed by atoms with van der Waals surface area (Å²) >= 11 is 0. The van der Waals surface area contributed by atoms with Gasteiger partial charge in [0.25, 0.3) is 5.91 Å². The fourth-order valence-electron chi connectivity index (χ4n) is 1.08. The molecule has 1 aromatic heterocycles. The van der Waals surface area contributed by atoms with Crippen LogP contribution in [0, 0.1) is 18.3 Å². The Kier molecular flexibility index (Phi) is 4.10. The molecule has 16 heavy (non-hydrogen) atoms. The van der Waals surface area contributed by atoms with Crippen LogP contribution in [0.25, 0.3) is 6.08 Å². The summed E-state index contributed by atoms with van der Waals surface area (Å²) in [7, 11) is 0. The van der Waals surface area contributed by atoms with Gasteiger partial charge >= 0.3 is 0 Å². The van der Waals surface area contributed by atoms with E-state index in [-0.39, 0.29) is 5.57 Å². The van der Waals surface area contributed by atoms with Crippen molar-refractivity contribution in [2.24, 2.45) is 0 Å². The Bertz CT molecular complexity index is 464. The molecule has 1 rings (SSSR count). The molecule has 0 saturated heterocycles. The second-order valence-electron chi connectivity index (χ2n) is 3.12. The molecule has 1 N–H and O–H groups in total. The molecule has 0 unspecified atom stereocenters. The number of nitrogens with one attached hydrogen (secondary N) is 1. The largest absolute Gasteiger partial charge is 0.462 e. The van der Waals surface area contributed by atoms with Crippen molar-refractivity contribution in [2.45, 2.75) is 6.92 Å². The molecule has 4 heteroatoms. The number of hydrogen-bond acceptors (Lipinski definition) is 3. The minimum Gasteiger partial charge on any atom is -0.462 e. The van der Waals surface area contributed by atoms with E-state index < -0.39 is 5.91 Å². The van der Waals surface area contributed by atoms with E-state index in [1.807, 2.05) is 6.07 Å². The number of aryl methyl sites for hydroxylation is 1. The number of hydrogen-bond donors (Lipinski definition) is 1. The third-order valence-electron chi connectivity index (χ3n) is 1.82. The average molecular weight is 216 g/mol. The van der Waals surface area contributed by atoms with Gasteiger partial charge in [0.15, 0.2) is 0 Å². The van der Waals surface area contributed by atoms with Gasteiger partial charge in [-0.25, -0.2) is 0 Å². The van der Waals surface area contributed by atoms with Gasteiger partial charge in [-0.3, -0.25) is 4.79 Å². The summed E-state index contributed by atoms with van der Waals surface area (Å²) in [6.07, 6.45) is 2.95. The Labute approximate surface area is 93.9 Å². The van der Waals surface area contributed by atoms with Crippen LogP contribution in [0.2, 0.25) is 0 Å². The van der Waals surface area contributed by atoms with E-state index in [0.717, 1.165) is 5.76 Å². The van der Waals surface area contributed by atoms with Gasteiger partial charge < -0.3 is 9.73 Å². The van der Waals surface area contributed by atoms with E-state index in [4.69, 9.17) is 9.68 Å². The van der Waals surface area contributed by atoms with Crippen molar-refractivity contribution >= 4 is 12.0 Å². The molecule has 0 bridgehead atoms. The molecule has 4 nitrogen and oxygen atoms in total. The number of nitrogens with zero attached hydrogens (tertiary/aromatic N) is 1. The van der Waals surface area contributed by atoms with Crippen LogP contribution in [-0.2, 0) is 4.79 Å². The standard InChI is InChI=1S/C12H12N2O2/c1-3-6-14-12(15)10(8-13)7-11-5-4-9(2)16-11/h3-5,7H,1,6H2,2H3,(H,14,15)/b10-7+. The number of furan rings is 1. The molecule has 0 fully saturated rings. The maximum Gasteiger partial charge on any atom is 0.262 e. The molecular formula is C12H12N2O2. The summed E-state index contributed by atoms with van der Waals surface area (Å²) < 4.78 is 5.24. The number of rotatable bonds is 4. The molecule has 1 heterocycles. The van der Waals surface area contributed by atoms with Crippen LogP contribution in [0.4, 0.5) is 0 Å². The lowest BCUT2D eigenvalue weighted by atomic mass is 10.2. The fraction of sp³-hybridized carbons (Fsp3) is 0.167. The maximum absolute atomic E-state index is 11.5.